The second kappa shape index (κ2) is 4.77. The van der Waals surface area contributed by atoms with Gasteiger partial charge in [-0.3, -0.25) is 4.90 Å². The molecule has 5 atom stereocenters. The normalized spacial score (nSPS) is 49.0. The molecule has 0 aromatic heterocycles. The van der Waals surface area contributed by atoms with Crippen LogP contribution in [0.2, 0.25) is 0 Å². The molecule has 0 amide bonds. The number of piperidine rings is 3. The number of nitrogens with one attached hydrogen (secondary N) is 1. The fourth-order valence-corrected chi connectivity index (χ4v) is 4.95. The number of rotatable bonds is 1. The van der Waals surface area contributed by atoms with Crippen molar-refractivity contribution in [1.29, 1.82) is 0 Å². The van der Waals surface area contributed by atoms with Crippen LogP contribution in [0.5, 0.6) is 0 Å². The average molecular weight is 249 g/mol. The molecule has 3 nitrogen and oxygen atoms in total. The summed E-state index contributed by atoms with van der Waals surface area (Å²) in [5.41, 5.74) is 0. The molecule has 5 aliphatic heterocycles. The van der Waals surface area contributed by atoms with E-state index in [1.165, 1.54) is 64.7 Å². The van der Waals surface area contributed by atoms with Crippen molar-refractivity contribution in [2.75, 3.05) is 32.8 Å². The Labute approximate surface area is 111 Å². The summed E-state index contributed by atoms with van der Waals surface area (Å²) in [4.78, 5) is 5.46. The Bertz CT molecular complexity index is 298. The third-order valence-electron chi connectivity index (χ3n) is 6.01. The zero-order valence-corrected chi connectivity index (χ0v) is 11.5. The van der Waals surface area contributed by atoms with Crippen molar-refractivity contribution in [3.8, 4) is 0 Å². The fraction of sp³-hybridized carbons (Fsp3) is 1.00. The number of hydrogen-bond acceptors (Lipinski definition) is 3. The largest absolute Gasteiger partial charge is 0.301 e. The summed E-state index contributed by atoms with van der Waals surface area (Å²) in [6, 6.07) is 1.78. The van der Waals surface area contributed by atoms with Gasteiger partial charge in [-0.25, -0.2) is 0 Å². The van der Waals surface area contributed by atoms with E-state index in [2.05, 4.69) is 15.1 Å². The highest BCUT2D eigenvalue weighted by Crippen LogP contribution is 2.36. The summed E-state index contributed by atoms with van der Waals surface area (Å²) in [7, 11) is 0. The van der Waals surface area contributed by atoms with E-state index in [9.17, 15) is 0 Å². The van der Waals surface area contributed by atoms with Gasteiger partial charge in [-0.15, -0.1) is 0 Å². The van der Waals surface area contributed by atoms with Crippen molar-refractivity contribution in [3.05, 3.63) is 0 Å². The first-order chi connectivity index (χ1) is 8.90. The van der Waals surface area contributed by atoms with Gasteiger partial charge in [-0.1, -0.05) is 6.42 Å². The third kappa shape index (κ3) is 2.00. The second-order valence-electron chi connectivity index (χ2n) is 6.98. The zero-order valence-electron chi connectivity index (χ0n) is 11.5. The molecule has 0 saturated carbocycles. The molecule has 0 radical (unpaired) electrons. The minimum absolute atomic E-state index is 0.835. The topological polar surface area (TPSA) is 18.5 Å². The SMILES string of the molecule is C1CCN2CC(C3CN4CCC3NC4)CCC2C1. The van der Waals surface area contributed by atoms with Gasteiger partial charge in [0.15, 0.2) is 0 Å². The van der Waals surface area contributed by atoms with E-state index in [-0.39, 0.29) is 0 Å². The van der Waals surface area contributed by atoms with Crippen LogP contribution in [0.3, 0.4) is 0 Å². The minimum Gasteiger partial charge on any atom is -0.301 e. The van der Waals surface area contributed by atoms with Crippen molar-refractivity contribution >= 4 is 0 Å². The summed E-state index contributed by atoms with van der Waals surface area (Å²) in [6.07, 6.45) is 8.77. The van der Waals surface area contributed by atoms with E-state index in [1.807, 2.05) is 0 Å². The Kier molecular flexibility index (Phi) is 3.10. The first-order valence-corrected chi connectivity index (χ1v) is 8.10. The Morgan fingerprint density at radius 3 is 2.67 bits per heavy atom. The summed E-state index contributed by atoms with van der Waals surface area (Å²) in [5, 5.41) is 3.75. The summed E-state index contributed by atoms with van der Waals surface area (Å²) < 4.78 is 0. The van der Waals surface area contributed by atoms with Crippen LogP contribution in [-0.4, -0.2) is 54.7 Å². The lowest BCUT2D eigenvalue weighted by molar-refractivity contribution is -0.0113. The Morgan fingerprint density at radius 2 is 1.89 bits per heavy atom. The van der Waals surface area contributed by atoms with Gasteiger partial charge in [-0.2, -0.15) is 0 Å². The molecule has 5 heterocycles. The molecule has 5 unspecified atom stereocenters. The van der Waals surface area contributed by atoms with E-state index >= 15 is 0 Å². The van der Waals surface area contributed by atoms with Crippen LogP contribution in [0.15, 0.2) is 0 Å². The molecule has 102 valence electrons. The van der Waals surface area contributed by atoms with Gasteiger partial charge in [-0.05, 0) is 50.5 Å². The molecule has 0 aromatic carbocycles. The lowest BCUT2D eigenvalue weighted by Gasteiger charge is -2.52. The number of nitrogens with zero attached hydrogens (tertiary/aromatic N) is 2. The molecule has 2 bridgehead atoms. The van der Waals surface area contributed by atoms with Gasteiger partial charge in [0, 0.05) is 38.4 Å². The number of fused-ring (bicyclic) bond motifs is 4. The van der Waals surface area contributed by atoms with Gasteiger partial charge >= 0.3 is 0 Å². The smallest absolute Gasteiger partial charge is 0.0482 e. The molecule has 18 heavy (non-hydrogen) atoms. The molecule has 3 heteroatoms. The fourth-order valence-electron chi connectivity index (χ4n) is 4.95. The lowest BCUT2D eigenvalue weighted by atomic mass is 9.74. The highest BCUT2D eigenvalue weighted by molar-refractivity contribution is 4.96. The molecular formula is C15H27N3. The maximum atomic E-state index is 3.75. The summed E-state index contributed by atoms with van der Waals surface area (Å²) >= 11 is 0. The van der Waals surface area contributed by atoms with Crippen molar-refractivity contribution in [2.45, 2.75) is 50.6 Å². The van der Waals surface area contributed by atoms with Gasteiger partial charge in [0.1, 0.15) is 0 Å². The molecule has 5 aliphatic rings. The van der Waals surface area contributed by atoms with E-state index in [4.69, 9.17) is 0 Å². The molecule has 0 aliphatic carbocycles. The standard InChI is InChI=1S/C15H27N3/c1-2-7-18-9-12(4-5-13(18)3-1)14-10-17-8-6-15(14)16-11-17/h12-16H,1-11H2. The van der Waals surface area contributed by atoms with E-state index in [0.29, 0.717) is 0 Å². The maximum Gasteiger partial charge on any atom is 0.0482 e. The van der Waals surface area contributed by atoms with Crippen LogP contribution in [0.4, 0.5) is 0 Å². The zero-order chi connectivity index (χ0) is 11.9. The molecule has 1 N–H and O–H groups in total. The van der Waals surface area contributed by atoms with Crippen LogP contribution in [0, 0.1) is 11.8 Å². The molecule has 0 aromatic rings. The van der Waals surface area contributed by atoms with Gasteiger partial charge in [0.25, 0.3) is 0 Å². The van der Waals surface area contributed by atoms with E-state index in [0.717, 1.165) is 30.6 Å². The summed E-state index contributed by atoms with van der Waals surface area (Å²) in [6.45, 7) is 6.66. The first-order valence-electron chi connectivity index (χ1n) is 8.10. The third-order valence-corrected chi connectivity index (χ3v) is 6.01. The van der Waals surface area contributed by atoms with Crippen LogP contribution in [-0.2, 0) is 0 Å². The van der Waals surface area contributed by atoms with Gasteiger partial charge in [0.2, 0.25) is 0 Å². The highest BCUT2D eigenvalue weighted by atomic mass is 15.3. The molecule has 5 saturated heterocycles. The Morgan fingerprint density at radius 1 is 0.889 bits per heavy atom. The maximum absolute atomic E-state index is 3.75. The Balaban J connectivity index is 1.43. The second-order valence-corrected chi connectivity index (χ2v) is 6.98. The van der Waals surface area contributed by atoms with Crippen molar-refractivity contribution in [2.24, 2.45) is 11.8 Å². The van der Waals surface area contributed by atoms with Crippen molar-refractivity contribution in [1.82, 2.24) is 15.1 Å². The van der Waals surface area contributed by atoms with Crippen LogP contribution >= 0.6 is 0 Å². The quantitative estimate of drug-likeness (QED) is 0.760. The van der Waals surface area contributed by atoms with Crippen LogP contribution < -0.4 is 5.32 Å². The van der Waals surface area contributed by atoms with Crippen molar-refractivity contribution < 1.29 is 0 Å². The number of hydrogen-bond donors (Lipinski definition) is 1. The van der Waals surface area contributed by atoms with E-state index in [1.54, 1.807) is 0 Å². The first kappa shape index (κ1) is 11.7. The van der Waals surface area contributed by atoms with E-state index < -0.39 is 0 Å². The van der Waals surface area contributed by atoms with Gasteiger partial charge < -0.3 is 10.2 Å². The highest BCUT2D eigenvalue weighted by Gasteiger charge is 2.41. The minimum atomic E-state index is 0.835. The predicted octanol–water partition coefficient (Wildman–Crippen LogP) is 1.50. The lowest BCUT2D eigenvalue weighted by Crippen LogP contribution is -2.63. The molecular weight excluding hydrogens is 222 g/mol. The Hall–Kier alpha value is -0.120. The van der Waals surface area contributed by atoms with Crippen molar-refractivity contribution in [3.63, 3.8) is 0 Å². The van der Waals surface area contributed by atoms with Gasteiger partial charge in [0.05, 0.1) is 0 Å². The molecule has 5 fully saturated rings. The monoisotopic (exact) mass is 249 g/mol. The van der Waals surface area contributed by atoms with Crippen LogP contribution in [0.25, 0.3) is 0 Å². The molecule has 5 rings (SSSR count). The summed E-state index contributed by atoms with van der Waals surface area (Å²) in [5.74, 6) is 1.91. The predicted molar refractivity (Wildman–Crippen MR) is 73.4 cm³/mol. The molecule has 0 spiro atoms. The van der Waals surface area contributed by atoms with Crippen LogP contribution in [0.1, 0.15) is 38.5 Å². The average Bonchev–Trinajstić information content (AvgIpc) is 2.48.